The fraction of sp³-hybridized carbons (Fsp3) is 0.500. The molecule has 47 heavy (non-hydrogen) atoms. The van der Waals surface area contributed by atoms with Crippen LogP contribution in [0.15, 0.2) is 30.7 Å². The molecule has 0 amide bonds. The number of halogens is 3. The number of nitrogens with one attached hydrogen (secondary N) is 1. The number of aromatic amines is 1. The van der Waals surface area contributed by atoms with Gasteiger partial charge in [-0.1, -0.05) is 6.42 Å². The first-order valence-corrected chi connectivity index (χ1v) is 15.6. The van der Waals surface area contributed by atoms with Crippen LogP contribution in [0.5, 0.6) is 5.88 Å². The molecule has 0 unspecified atom stereocenters. The highest BCUT2D eigenvalue weighted by molar-refractivity contribution is 5.91. The van der Waals surface area contributed by atoms with Gasteiger partial charge < -0.3 is 29.4 Å². The van der Waals surface area contributed by atoms with Crippen molar-refractivity contribution in [3.8, 4) is 28.7 Å². The molecule has 1 saturated carbocycles. The number of fused-ring (bicyclic) bond motifs is 1. The van der Waals surface area contributed by atoms with Crippen molar-refractivity contribution in [2.75, 3.05) is 56.8 Å². The predicted octanol–water partition coefficient (Wildman–Crippen LogP) is 5.45. The second-order valence-corrected chi connectivity index (χ2v) is 12.3. The maximum absolute atomic E-state index is 14.0. The highest BCUT2D eigenvalue weighted by Gasteiger charge is 2.39. The minimum atomic E-state index is -4.68. The topological polar surface area (TPSA) is 142 Å². The molecule has 0 atom stereocenters. The Morgan fingerprint density at radius 3 is 2.47 bits per heavy atom. The highest BCUT2D eigenvalue weighted by Crippen LogP contribution is 2.43. The molecule has 4 aromatic rings. The standard InChI is InChI=1S/C32H37F3N8O4/c1-4-47-29-21(32(33,34)35)12-20(14-38-29)22-13-24(42(2)17-31(18-46-3)8-5-9-31)26-28(39-22)41-27(40-26)23-15-37-25(16-36-23)43-10-6-19(7-11-43)30(44)45/h12-16,19H,4-11,17-18H2,1-3H3,(H,44,45)(H,39,40,41). The van der Waals surface area contributed by atoms with Crippen LogP contribution in [-0.2, 0) is 15.7 Å². The van der Waals surface area contributed by atoms with Crippen molar-refractivity contribution in [3.05, 3.63) is 36.3 Å². The maximum atomic E-state index is 14.0. The zero-order chi connectivity index (χ0) is 33.3. The van der Waals surface area contributed by atoms with Crippen molar-refractivity contribution in [3.63, 3.8) is 0 Å². The van der Waals surface area contributed by atoms with Gasteiger partial charge in [0, 0.05) is 51.0 Å². The number of hydrogen-bond acceptors (Lipinski definition) is 10. The Labute approximate surface area is 269 Å². The summed E-state index contributed by atoms with van der Waals surface area (Å²) in [7, 11) is 3.63. The van der Waals surface area contributed by atoms with Gasteiger partial charge in [0.05, 0.1) is 42.9 Å². The van der Waals surface area contributed by atoms with Gasteiger partial charge in [-0.2, -0.15) is 13.2 Å². The van der Waals surface area contributed by atoms with Crippen LogP contribution in [0.1, 0.15) is 44.6 Å². The fourth-order valence-corrected chi connectivity index (χ4v) is 6.47. The molecule has 0 radical (unpaired) electrons. The maximum Gasteiger partial charge on any atom is 0.421 e. The minimum Gasteiger partial charge on any atom is -0.481 e. The number of nitrogens with zero attached hydrogens (tertiary/aromatic N) is 7. The van der Waals surface area contributed by atoms with Crippen molar-refractivity contribution in [1.82, 2.24) is 29.9 Å². The van der Waals surface area contributed by atoms with E-state index in [2.05, 4.69) is 29.8 Å². The van der Waals surface area contributed by atoms with Gasteiger partial charge in [-0.05, 0) is 44.7 Å². The molecular formula is C32H37F3N8O4. The number of methoxy groups -OCH3 is 1. The van der Waals surface area contributed by atoms with Crippen LogP contribution >= 0.6 is 0 Å². The molecule has 0 bridgehead atoms. The number of anilines is 2. The van der Waals surface area contributed by atoms with Gasteiger partial charge in [0.25, 0.3) is 0 Å². The number of piperidine rings is 1. The van der Waals surface area contributed by atoms with Gasteiger partial charge in [0.15, 0.2) is 11.5 Å². The first-order chi connectivity index (χ1) is 22.5. The monoisotopic (exact) mass is 654 g/mol. The molecule has 2 fully saturated rings. The normalized spacial score (nSPS) is 16.7. The van der Waals surface area contributed by atoms with E-state index in [0.717, 1.165) is 25.3 Å². The van der Waals surface area contributed by atoms with Crippen LogP contribution in [-0.4, -0.2) is 88.0 Å². The van der Waals surface area contributed by atoms with E-state index in [-0.39, 0.29) is 29.2 Å². The molecule has 1 aliphatic heterocycles. The first-order valence-electron chi connectivity index (χ1n) is 15.6. The van der Waals surface area contributed by atoms with Crippen molar-refractivity contribution < 1.29 is 32.5 Å². The summed E-state index contributed by atoms with van der Waals surface area (Å²) in [6.45, 7) is 4.04. The Balaban J connectivity index is 1.37. The number of alkyl halides is 3. The number of carboxylic acid groups (broad SMARTS) is 1. The van der Waals surface area contributed by atoms with Crippen molar-refractivity contribution in [2.24, 2.45) is 11.3 Å². The second kappa shape index (κ2) is 12.9. The van der Waals surface area contributed by atoms with Gasteiger partial charge >= 0.3 is 12.1 Å². The van der Waals surface area contributed by atoms with Gasteiger partial charge in [0.2, 0.25) is 5.88 Å². The summed E-state index contributed by atoms with van der Waals surface area (Å²) in [5, 5.41) is 9.30. The molecule has 5 heterocycles. The molecular weight excluding hydrogens is 617 g/mol. The van der Waals surface area contributed by atoms with Crippen LogP contribution in [0.3, 0.4) is 0 Å². The largest absolute Gasteiger partial charge is 0.481 e. The Morgan fingerprint density at radius 1 is 1.11 bits per heavy atom. The predicted molar refractivity (Wildman–Crippen MR) is 168 cm³/mol. The van der Waals surface area contributed by atoms with Gasteiger partial charge in [-0.25, -0.2) is 24.9 Å². The Morgan fingerprint density at radius 2 is 1.87 bits per heavy atom. The molecule has 250 valence electrons. The number of imidazole rings is 1. The van der Waals surface area contributed by atoms with Gasteiger partial charge in [-0.3, -0.25) is 4.79 Å². The zero-order valence-electron chi connectivity index (χ0n) is 26.5. The molecule has 1 saturated heterocycles. The molecule has 2 N–H and O–H groups in total. The fourth-order valence-electron chi connectivity index (χ4n) is 6.47. The number of carbonyl (C=O) groups is 1. The summed E-state index contributed by atoms with van der Waals surface area (Å²) in [6, 6.07) is 2.75. The smallest absolute Gasteiger partial charge is 0.421 e. The summed E-state index contributed by atoms with van der Waals surface area (Å²) in [5.41, 5.74) is 1.51. The molecule has 0 aromatic carbocycles. The third-order valence-electron chi connectivity index (χ3n) is 9.07. The molecule has 2 aliphatic rings. The minimum absolute atomic E-state index is 0.0352. The summed E-state index contributed by atoms with van der Waals surface area (Å²) in [6.07, 6.45) is 4.06. The molecule has 6 rings (SSSR count). The van der Waals surface area contributed by atoms with E-state index in [1.807, 2.05) is 11.9 Å². The van der Waals surface area contributed by atoms with Crippen LogP contribution in [0.2, 0.25) is 0 Å². The summed E-state index contributed by atoms with van der Waals surface area (Å²) >= 11 is 0. The number of aromatic nitrogens is 6. The van der Waals surface area contributed by atoms with Crippen LogP contribution in [0.4, 0.5) is 24.7 Å². The summed E-state index contributed by atoms with van der Waals surface area (Å²) in [5.74, 6) is -0.574. The molecule has 1 aliphatic carbocycles. The molecule has 4 aromatic heterocycles. The second-order valence-electron chi connectivity index (χ2n) is 12.3. The Hall–Kier alpha value is -4.53. The van der Waals surface area contributed by atoms with Crippen molar-refractivity contribution in [2.45, 2.75) is 45.2 Å². The Bertz CT molecular complexity index is 1730. The van der Waals surface area contributed by atoms with Crippen molar-refractivity contribution >= 4 is 28.6 Å². The van der Waals surface area contributed by atoms with Crippen molar-refractivity contribution in [1.29, 1.82) is 0 Å². The number of aliphatic carboxylic acids is 1. The van der Waals surface area contributed by atoms with Crippen LogP contribution in [0.25, 0.3) is 33.9 Å². The van der Waals surface area contributed by atoms with E-state index in [1.54, 1.807) is 32.5 Å². The van der Waals surface area contributed by atoms with E-state index in [9.17, 15) is 23.1 Å². The first kappa shape index (κ1) is 32.4. The zero-order valence-corrected chi connectivity index (χ0v) is 26.5. The van der Waals surface area contributed by atoms with Crippen LogP contribution in [0, 0.1) is 11.3 Å². The number of rotatable bonds is 11. The summed E-state index contributed by atoms with van der Waals surface area (Å²) in [4.78, 5) is 41.2. The number of hydrogen-bond donors (Lipinski definition) is 2. The third-order valence-corrected chi connectivity index (χ3v) is 9.07. The Kier molecular flexibility index (Phi) is 8.92. The lowest BCUT2D eigenvalue weighted by atomic mass is 9.69. The number of carboxylic acids is 1. The van der Waals surface area contributed by atoms with E-state index in [4.69, 9.17) is 14.5 Å². The molecule has 0 spiro atoms. The SMILES string of the molecule is CCOc1ncc(-c2cc(N(C)CC3(COC)CCC3)c3[nH]c(-c4cnc(N5CCC(C(=O)O)CC5)cn4)nc3n2)cc1C(F)(F)F. The number of ether oxygens (including phenoxy) is 2. The third kappa shape index (κ3) is 6.66. The van der Waals surface area contributed by atoms with Gasteiger partial charge in [0.1, 0.15) is 22.6 Å². The summed E-state index contributed by atoms with van der Waals surface area (Å²) < 4.78 is 52.7. The average Bonchev–Trinajstić information content (AvgIpc) is 3.47. The van der Waals surface area contributed by atoms with E-state index in [0.29, 0.717) is 73.3 Å². The molecule has 12 nitrogen and oxygen atoms in total. The number of pyridine rings is 2. The van der Waals surface area contributed by atoms with E-state index >= 15 is 0 Å². The lowest BCUT2D eigenvalue weighted by Crippen LogP contribution is -2.44. The van der Waals surface area contributed by atoms with E-state index < -0.39 is 23.6 Å². The van der Waals surface area contributed by atoms with E-state index in [1.165, 1.54) is 6.20 Å². The number of H-pyrrole nitrogens is 1. The quantitative estimate of drug-likeness (QED) is 0.213. The molecule has 15 heteroatoms. The van der Waals surface area contributed by atoms with Crippen LogP contribution < -0.4 is 14.5 Å². The lowest BCUT2D eigenvalue weighted by Gasteiger charge is -2.44. The van der Waals surface area contributed by atoms with Gasteiger partial charge in [-0.15, -0.1) is 0 Å². The lowest BCUT2D eigenvalue weighted by molar-refractivity contribution is -0.142. The average molecular weight is 655 g/mol. The highest BCUT2D eigenvalue weighted by atomic mass is 19.4.